The van der Waals surface area contributed by atoms with E-state index in [9.17, 15) is 4.79 Å². The van der Waals surface area contributed by atoms with E-state index in [0.717, 1.165) is 0 Å². The minimum absolute atomic E-state index is 0.309. The standard InChI is InChI=1S/C11H13N3O3/c1-4-16-11(15)8-7(2)17-13-9(8)10-12-5-6-14(10)3/h5-6H,4H2,1-3H3. The van der Waals surface area contributed by atoms with Gasteiger partial charge in [0, 0.05) is 19.4 Å². The number of aromatic nitrogens is 3. The van der Waals surface area contributed by atoms with Gasteiger partial charge in [-0.2, -0.15) is 0 Å². The summed E-state index contributed by atoms with van der Waals surface area (Å²) in [5, 5.41) is 3.86. The van der Waals surface area contributed by atoms with Crippen molar-refractivity contribution < 1.29 is 14.1 Å². The van der Waals surface area contributed by atoms with Crippen molar-refractivity contribution in [1.29, 1.82) is 0 Å². The van der Waals surface area contributed by atoms with Crippen molar-refractivity contribution in [3.63, 3.8) is 0 Å². The minimum Gasteiger partial charge on any atom is -0.462 e. The van der Waals surface area contributed by atoms with Crippen LogP contribution in [0.1, 0.15) is 23.0 Å². The normalized spacial score (nSPS) is 10.5. The van der Waals surface area contributed by atoms with Crippen LogP contribution in [0.25, 0.3) is 11.5 Å². The van der Waals surface area contributed by atoms with Crippen molar-refractivity contribution >= 4 is 5.97 Å². The molecule has 0 spiro atoms. The summed E-state index contributed by atoms with van der Waals surface area (Å²) in [5.74, 6) is 0.565. The van der Waals surface area contributed by atoms with Gasteiger partial charge in [0.25, 0.3) is 0 Å². The van der Waals surface area contributed by atoms with Crippen molar-refractivity contribution in [1.82, 2.24) is 14.7 Å². The number of imidazole rings is 1. The largest absolute Gasteiger partial charge is 0.462 e. The monoisotopic (exact) mass is 235 g/mol. The third kappa shape index (κ3) is 1.93. The maximum atomic E-state index is 11.8. The van der Waals surface area contributed by atoms with Gasteiger partial charge in [0.15, 0.2) is 11.5 Å². The molecular formula is C11H13N3O3. The number of hydrogen-bond donors (Lipinski definition) is 0. The van der Waals surface area contributed by atoms with Crippen LogP contribution in [0.3, 0.4) is 0 Å². The Hall–Kier alpha value is -2.11. The predicted molar refractivity (Wildman–Crippen MR) is 59.4 cm³/mol. The highest BCUT2D eigenvalue weighted by Crippen LogP contribution is 2.24. The lowest BCUT2D eigenvalue weighted by Gasteiger charge is -2.02. The van der Waals surface area contributed by atoms with Crippen molar-refractivity contribution in [2.24, 2.45) is 7.05 Å². The molecule has 2 rings (SSSR count). The van der Waals surface area contributed by atoms with E-state index in [1.807, 2.05) is 7.05 Å². The van der Waals surface area contributed by atoms with Crippen LogP contribution in [0, 0.1) is 6.92 Å². The van der Waals surface area contributed by atoms with Crippen LogP contribution in [0.15, 0.2) is 16.9 Å². The molecule has 0 aliphatic heterocycles. The summed E-state index contributed by atoms with van der Waals surface area (Å²) in [4.78, 5) is 15.9. The van der Waals surface area contributed by atoms with Crippen LogP contribution in [-0.2, 0) is 11.8 Å². The molecule has 2 aromatic heterocycles. The Morgan fingerprint density at radius 3 is 2.94 bits per heavy atom. The highest BCUT2D eigenvalue weighted by atomic mass is 16.5. The van der Waals surface area contributed by atoms with Gasteiger partial charge in [0.05, 0.1) is 6.61 Å². The van der Waals surface area contributed by atoms with Gasteiger partial charge in [-0.05, 0) is 13.8 Å². The van der Waals surface area contributed by atoms with Crippen molar-refractivity contribution in [2.75, 3.05) is 6.61 Å². The Kier molecular flexibility index (Phi) is 2.95. The van der Waals surface area contributed by atoms with Crippen LogP contribution in [-0.4, -0.2) is 27.3 Å². The fourth-order valence-corrected chi connectivity index (χ4v) is 1.56. The van der Waals surface area contributed by atoms with Crippen LogP contribution in [0.5, 0.6) is 0 Å². The molecule has 0 unspecified atom stereocenters. The zero-order chi connectivity index (χ0) is 12.4. The maximum absolute atomic E-state index is 11.8. The number of carbonyl (C=O) groups excluding carboxylic acids is 1. The van der Waals surface area contributed by atoms with Gasteiger partial charge < -0.3 is 13.8 Å². The van der Waals surface area contributed by atoms with Gasteiger partial charge in [-0.3, -0.25) is 0 Å². The second-order valence-electron chi connectivity index (χ2n) is 3.54. The number of rotatable bonds is 3. The molecule has 2 heterocycles. The third-order valence-electron chi connectivity index (χ3n) is 2.38. The highest BCUT2D eigenvalue weighted by molar-refractivity contribution is 5.96. The molecule has 0 saturated carbocycles. The first-order chi connectivity index (χ1) is 8.15. The predicted octanol–water partition coefficient (Wildman–Crippen LogP) is 1.56. The molecular weight excluding hydrogens is 222 g/mol. The first-order valence-electron chi connectivity index (χ1n) is 5.26. The lowest BCUT2D eigenvalue weighted by molar-refractivity contribution is 0.0525. The van der Waals surface area contributed by atoms with Gasteiger partial charge in [-0.15, -0.1) is 0 Å². The Morgan fingerprint density at radius 2 is 2.35 bits per heavy atom. The first kappa shape index (κ1) is 11.4. The molecule has 17 heavy (non-hydrogen) atoms. The molecule has 0 radical (unpaired) electrons. The van der Waals surface area contributed by atoms with E-state index >= 15 is 0 Å². The number of nitrogens with zero attached hydrogens (tertiary/aromatic N) is 3. The SMILES string of the molecule is CCOC(=O)c1c(-c2nccn2C)noc1C. The van der Waals surface area contributed by atoms with Gasteiger partial charge in [0.1, 0.15) is 11.3 Å². The lowest BCUT2D eigenvalue weighted by Crippen LogP contribution is -2.07. The molecule has 0 saturated heterocycles. The topological polar surface area (TPSA) is 70.2 Å². The second-order valence-corrected chi connectivity index (χ2v) is 3.54. The number of aryl methyl sites for hydroxylation is 2. The lowest BCUT2D eigenvalue weighted by atomic mass is 10.2. The summed E-state index contributed by atoms with van der Waals surface area (Å²) in [6, 6.07) is 0. The Labute approximate surface area is 98.2 Å². The molecule has 0 amide bonds. The van der Waals surface area contributed by atoms with Crippen molar-refractivity contribution in [3.8, 4) is 11.5 Å². The summed E-state index contributed by atoms with van der Waals surface area (Å²) in [6.07, 6.45) is 3.41. The molecule has 0 aromatic carbocycles. The molecule has 0 aliphatic carbocycles. The number of ether oxygens (including phenoxy) is 1. The zero-order valence-electron chi connectivity index (χ0n) is 9.93. The van der Waals surface area contributed by atoms with Crippen LogP contribution < -0.4 is 0 Å². The molecule has 0 fully saturated rings. The highest BCUT2D eigenvalue weighted by Gasteiger charge is 2.24. The average Bonchev–Trinajstić information content (AvgIpc) is 2.84. The Morgan fingerprint density at radius 1 is 1.59 bits per heavy atom. The van der Waals surface area contributed by atoms with Crippen LogP contribution in [0.2, 0.25) is 0 Å². The molecule has 0 atom stereocenters. The van der Waals surface area contributed by atoms with E-state index < -0.39 is 5.97 Å². The Balaban J connectivity index is 2.50. The van der Waals surface area contributed by atoms with E-state index in [1.54, 1.807) is 30.8 Å². The molecule has 90 valence electrons. The van der Waals surface area contributed by atoms with Crippen LogP contribution >= 0.6 is 0 Å². The smallest absolute Gasteiger partial charge is 0.344 e. The van der Waals surface area contributed by atoms with E-state index in [1.165, 1.54) is 0 Å². The number of esters is 1. The van der Waals surface area contributed by atoms with Gasteiger partial charge in [-0.1, -0.05) is 5.16 Å². The average molecular weight is 235 g/mol. The molecule has 6 nitrogen and oxygen atoms in total. The summed E-state index contributed by atoms with van der Waals surface area (Å²) in [7, 11) is 1.82. The molecule has 0 aliphatic rings. The summed E-state index contributed by atoms with van der Waals surface area (Å²) < 4.78 is 11.8. The van der Waals surface area contributed by atoms with Crippen LogP contribution in [0.4, 0.5) is 0 Å². The number of carbonyl (C=O) groups is 1. The van der Waals surface area contributed by atoms with E-state index in [2.05, 4.69) is 10.1 Å². The molecule has 2 aromatic rings. The fraction of sp³-hybridized carbons (Fsp3) is 0.364. The first-order valence-corrected chi connectivity index (χ1v) is 5.26. The summed E-state index contributed by atoms with van der Waals surface area (Å²) >= 11 is 0. The summed E-state index contributed by atoms with van der Waals surface area (Å²) in [5.41, 5.74) is 0.745. The van der Waals surface area contributed by atoms with Gasteiger partial charge in [-0.25, -0.2) is 9.78 Å². The fourth-order valence-electron chi connectivity index (χ4n) is 1.56. The molecule has 0 N–H and O–H groups in total. The minimum atomic E-state index is -0.441. The summed E-state index contributed by atoms with van der Waals surface area (Å²) in [6.45, 7) is 3.73. The molecule has 0 bridgehead atoms. The van der Waals surface area contributed by atoms with E-state index in [-0.39, 0.29) is 0 Å². The quantitative estimate of drug-likeness (QED) is 0.755. The zero-order valence-corrected chi connectivity index (χ0v) is 9.93. The van der Waals surface area contributed by atoms with Gasteiger partial charge in [0.2, 0.25) is 0 Å². The number of hydrogen-bond acceptors (Lipinski definition) is 5. The van der Waals surface area contributed by atoms with Crippen molar-refractivity contribution in [2.45, 2.75) is 13.8 Å². The second kappa shape index (κ2) is 4.40. The Bertz CT molecular complexity index is 542. The van der Waals surface area contributed by atoms with Crippen molar-refractivity contribution in [3.05, 3.63) is 23.7 Å². The van der Waals surface area contributed by atoms with E-state index in [0.29, 0.717) is 29.4 Å². The molecule has 6 heteroatoms. The van der Waals surface area contributed by atoms with Gasteiger partial charge >= 0.3 is 5.97 Å². The third-order valence-corrected chi connectivity index (χ3v) is 2.38. The maximum Gasteiger partial charge on any atom is 0.344 e. The van der Waals surface area contributed by atoms with E-state index in [4.69, 9.17) is 9.26 Å².